The van der Waals surface area contributed by atoms with Gasteiger partial charge in [-0.15, -0.1) is 0 Å². The van der Waals surface area contributed by atoms with Crippen molar-refractivity contribution in [3.05, 3.63) is 0 Å². The van der Waals surface area contributed by atoms with Crippen molar-refractivity contribution in [3.63, 3.8) is 0 Å². The second-order valence-electron chi connectivity index (χ2n) is 2.99. The third-order valence-corrected chi connectivity index (χ3v) is 2.08. The lowest BCUT2D eigenvalue weighted by molar-refractivity contribution is -0.0646. The van der Waals surface area contributed by atoms with Crippen LogP contribution in [0.2, 0.25) is 0 Å². The van der Waals surface area contributed by atoms with Crippen molar-refractivity contribution in [2.45, 2.75) is 31.8 Å². The van der Waals surface area contributed by atoms with E-state index in [2.05, 4.69) is 0 Å². The van der Waals surface area contributed by atoms with Gasteiger partial charge in [0.2, 0.25) is 0 Å². The van der Waals surface area contributed by atoms with Crippen LogP contribution in [0.5, 0.6) is 0 Å². The molecule has 1 saturated heterocycles. The molecule has 0 aliphatic carbocycles. The predicted molar refractivity (Wildman–Crippen MR) is 38.8 cm³/mol. The Morgan fingerprint density at radius 3 is 2.55 bits per heavy atom. The van der Waals surface area contributed by atoms with Crippen LogP contribution < -0.4 is 0 Å². The number of aliphatic hydroxyl groups excluding tert-OH is 2. The van der Waals surface area contributed by atoms with Gasteiger partial charge < -0.3 is 10.2 Å². The van der Waals surface area contributed by atoms with Crippen LogP contribution in [-0.4, -0.2) is 46.7 Å². The molecule has 0 saturated carbocycles. The van der Waals surface area contributed by atoms with Gasteiger partial charge in [-0.1, -0.05) is 0 Å². The molecule has 0 amide bonds. The van der Waals surface area contributed by atoms with Crippen LogP contribution >= 0.6 is 0 Å². The Labute approximate surface area is 65.4 Å². The van der Waals surface area contributed by atoms with E-state index in [0.29, 0.717) is 13.0 Å². The Bertz CT molecular complexity index is 132. The summed E-state index contributed by atoms with van der Waals surface area (Å²) in [5, 5.41) is 18.2. The monoisotopic (exact) mass is 163 g/mol. The van der Waals surface area contributed by atoms with Crippen LogP contribution in [0.25, 0.3) is 0 Å². The molecule has 0 spiro atoms. The first-order valence-electron chi connectivity index (χ1n) is 3.85. The summed E-state index contributed by atoms with van der Waals surface area (Å²) in [6, 6.07) is 0. The zero-order valence-electron chi connectivity index (χ0n) is 6.57. The molecule has 4 heteroatoms. The van der Waals surface area contributed by atoms with Gasteiger partial charge in [-0.25, -0.2) is 4.39 Å². The summed E-state index contributed by atoms with van der Waals surface area (Å²) in [4.78, 5) is 1.51. The molecule has 1 fully saturated rings. The van der Waals surface area contributed by atoms with Crippen LogP contribution in [0.3, 0.4) is 0 Å². The summed E-state index contributed by atoms with van der Waals surface area (Å²) in [5.74, 6) is 0. The lowest BCUT2D eigenvalue weighted by atomic mass is 10.1. The van der Waals surface area contributed by atoms with Gasteiger partial charge in [-0.3, -0.25) is 4.90 Å². The molecule has 1 rings (SSSR count). The molecule has 1 aliphatic heterocycles. The van der Waals surface area contributed by atoms with E-state index in [9.17, 15) is 4.39 Å². The highest BCUT2D eigenvalue weighted by Gasteiger charge is 2.27. The summed E-state index contributed by atoms with van der Waals surface area (Å²) in [6.45, 7) is 2.19. The SMILES string of the molecule is CC(F)N1CCC(O)[C@H](O)C1. The normalized spacial score (nSPS) is 37.1. The standard InChI is InChI=1S/C7H14FNO2/c1-5(8)9-3-2-6(10)7(11)4-9/h5-7,10-11H,2-4H2,1H3/t5?,6?,7-/m1/s1. The van der Waals surface area contributed by atoms with E-state index >= 15 is 0 Å². The molecule has 1 heterocycles. The van der Waals surface area contributed by atoms with Crippen LogP contribution in [0, 0.1) is 0 Å². The fourth-order valence-electron chi connectivity index (χ4n) is 1.27. The lowest BCUT2D eigenvalue weighted by Crippen LogP contribution is -2.48. The van der Waals surface area contributed by atoms with Gasteiger partial charge in [0.1, 0.15) is 0 Å². The van der Waals surface area contributed by atoms with Gasteiger partial charge in [0, 0.05) is 13.1 Å². The highest BCUT2D eigenvalue weighted by Crippen LogP contribution is 2.13. The van der Waals surface area contributed by atoms with E-state index in [0.717, 1.165) is 0 Å². The maximum Gasteiger partial charge on any atom is 0.150 e. The van der Waals surface area contributed by atoms with Gasteiger partial charge in [-0.2, -0.15) is 0 Å². The molecular weight excluding hydrogens is 149 g/mol. The molecule has 66 valence electrons. The topological polar surface area (TPSA) is 43.7 Å². The number of hydrogen-bond acceptors (Lipinski definition) is 3. The Morgan fingerprint density at radius 2 is 2.09 bits per heavy atom. The summed E-state index contributed by atoms with van der Waals surface area (Å²) >= 11 is 0. The number of nitrogens with zero attached hydrogens (tertiary/aromatic N) is 1. The molecular formula is C7H14FNO2. The van der Waals surface area contributed by atoms with Crippen LogP contribution in [0.15, 0.2) is 0 Å². The number of piperidine rings is 1. The average molecular weight is 163 g/mol. The van der Waals surface area contributed by atoms with Gasteiger partial charge >= 0.3 is 0 Å². The van der Waals surface area contributed by atoms with Crippen molar-refractivity contribution in [2.75, 3.05) is 13.1 Å². The van der Waals surface area contributed by atoms with E-state index < -0.39 is 18.5 Å². The average Bonchev–Trinajstić information content (AvgIpc) is 1.94. The number of β-amino-alcohol motifs (C(OH)–C–C–N with tert-alkyl or cyclic N) is 1. The van der Waals surface area contributed by atoms with Crippen LogP contribution in [0.1, 0.15) is 13.3 Å². The minimum absolute atomic E-state index is 0.235. The van der Waals surface area contributed by atoms with Crippen molar-refractivity contribution in [3.8, 4) is 0 Å². The van der Waals surface area contributed by atoms with Crippen molar-refractivity contribution in [1.29, 1.82) is 0 Å². The summed E-state index contributed by atoms with van der Waals surface area (Å²) in [6.07, 6.45) is -2.04. The quantitative estimate of drug-likeness (QED) is 0.523. The third-order valence-electron chi connectivity index (χ3n) is 2.08. The zero-order chi connectivity index (χ0) is 8.43. The highest BCUT2D eigenvalue weighted by atomic mass is 19.1. The van der Waals surface area contributed by atoms with Crippen LogP contribution in [-0.2, 0) is 0 Å². The van der Waals surface area contributed by atoms with E-state index in [4.69, 9.17) is 10.2 Å². The molecule has 0 radical (unpaired) electrons. The molecule has 1 aliphatic rings. The van der Waals surface area contributed by atoms with Gasteiger partial charge in [0.15, 0.2) is 6.30 Å². The zero-order valence-corrected chi connectivity index (χ0v) is 6.57. The molecule has 2 unspecified atom stereocenters. The van der Waals surface area contributed by atoms with Crippen molar-refractivity contribution < 1.29 is 14.6 Å². The van der Waals surface area contributed by atoms with Gasteiger partial charge in [-0.05, 0) is 13.3 Å². The highest BCUT2D eigenvalue weighted by molar-refractivity contribution is 4.79. The first-order valence-corrected chi connectivity index (χ1v) is 3.85. The fourth-order valence-corrected chi connectivity index (χ4v) is 1.27. The molecule has 3 nitrogen and oxygen atoms in total. The smallest absolute Gasteiger partial charge is 0.150 e. The maximum absolute atomic E-state index is 12.6. The number of hydrogen-bond donors (Lipinski definition) is 2. The number of aliphatic hydroxyl groups is 2. The van der Waals surface area contributed by atoms with Gasteiger partial charge in [0.25, 0.3) is 0 Å². The number of halogens is 1. The number of likely N-dealkylation sites (tertiary alicyclic amines) is 1. The number of alkyl halides is 1. The second kappa shape index (κ2) is 3.47. The molecule has 0 bridgehead atoms. The minimum Gasteiger partial charge on any atom is -0.390 e. The summed E-state index contributed by atoms with van der Waals surface area (Å²) < 4.78 is 12.6. The Hall–Kier alpha value is -0.190. The molecule has 0 aromatic heterocycles. The fraction of sp³-hybridized carbons (Fsp3) is 1.00. The van der Waals surface area contributed by atoms with Crippen LogP contribution in [0.4, 0.5) is 4.39 Å². The maximum atomic E-state index is 12.6. The minimum atomic E-state index is -1.03. The Morgan fingerprint density at radius 1 is 1.45 bits per heavy atom. The van der Waals surface area contributed by atoms with E-state index in [1.807, 2.05) is 0 Å². The number of rotatable bonds is 1. The lowest BCUT2D eigenvalue weighted by Gasteiger charge is -2.33. The summed E-state index contributed by atoms with van der Waals surface area (Å²) in [5.41, 5.74) is 0. The first kappa shape index (κ1) is 8.90. The molecule has 0 aromatic rings. The van der Waals surface area contributed by atoms with E-state index in [1.54, 1.807) is 0 Å². The molecule has 2 N–H and O–H groups in total. The molecule has 0 aromatic carbocycles. The van der Waals surface area contributed by atoms with Crippen molar-refractivity contribution >= 4 is 0 Å². The van der Waals surface area contributed by atoms with Gasteiger partial charge in [0.05, 0.1) is 12.2 Å². The second-order valence-corrected chi connectivity index (χ2v) is 2.99. The van der Waals surface area contributed by atoms with E-state index in [-0.39, 0.29) is 6.54 Å². The van der Waals surface area contributed by atoms with Crippen molar-refractivity contribution in [1.82, 2.24) is 4.90 Å². The van der Waals surface area contributed by atoms with Crippen molar-refractivity contribution in [2.24, 2.45) is 0 Å². The first-order chi connectivity index (χ1) is 5.11. The largest absolute Gasteiger partial charge is 0.390 e. The third kappa shape index (κ3) is 2.12. The van der Waals surface area contributed by atoms with E-state index in [1.165, 1.54) is 11.8 Å². The Balaban J connectivity index is 2.40. The molecule has 11 heavy (non-hydrogen) atoms. The summed E-state index contributed by atoms with van der Waals surface area (Å²) in [7, 11) is 0. The predicted octanol–water partition coefficient (Wildman–Crippen LogP) is -0.271. The Kier molecular flexibility index (Phi) is 2.81. The molecule has 3 atom stereocenters.